The summed E-state index contributed by atoms with van der Waals surface area (Å²) < 4.78 is 5.24. The molecule has 160 valence electrons. The highest BCUT2D eigenvalue weighted by Crippen LogP contribution is 2.14. The number of hydrogen-bond donors (Lipinski definition) is 4. The smallest absolute Gasteiger partial charge is 0.408 e. The highest BCUT2D eigenvalue weighted by Gasteiger charge is 2.30. The quantitative estimate of drug-likeness (QED) is 0.508. The number of carbonyl (C=O) groups is 3. The Hall–Kier alpha value is -2.29. The summed E-state index contributed by atoms with van der Waals surface area (Å²) in [6, 6.07) is -1.61. The Labute approximate surface area is 167 Å². The summed E-state index contributed by atoms with van der Waals surface area (Å²) in [5, 5.41) is 7.23. The van der Waals surface area contributed by atoms with Crippen LogP contribution in [-0.2, 0) is 14.3 Å². The van der Waals surface area contributed by atoms with Gasteiger partial charge in [-0.25, -0.2) is 10.2 Å². The van der Waals surface area contributed by atoms with Crippen molar-refractivity contribution in [3.63, 3.8) is 0 Å². The SMILES string of the molecule is C=C([C@H](C)NC(=O)C(NC(=O)OC(C)(C)C)C(C)C)N1CCC[C@@H](C(N)=O)N1. The van der Waals surface area contributed by atoms with Gasteiger partial charge in [0.25, 0.3) is 0 Å². The van der Waals surface area contributed by atoms with Gasteiger partial charge in [-0.2, -0.15) is 0 Å². The zero-order chi connectivity index (χ0) is 21.6. The number of hydrazine groups is 1. The van der Waals surface area contributed by atoms with E-state index in [4.69, 9.17) is 10.5 Å². The monoisotopic (exact) mass is 397 g/mol. The number of amides is 3. The number of nitrogens with zero attached hydrogens (tertiary/aromatic N) is 1. The molecule has 1 aliphatic rings. The third kappa shape index (κ3) is 7.38. The number of primary amides is 1. The summed E-state index contributed by atoms with van der Waals surface area (Å²) in [6.45, 7) is 15.4. The van der Waals surface area contributed by atoms with Crippen molar-refractivity contribution in [2.75, 3.05) is 6.54 Å². The summed E-state index contributed by atoms with van der Waals surface area (Å²) in [7, 11) is 0. The molecular formula is C19H35N5O4. The molecule has 0 aromatic heterocycles. The Kier molecular flexibility index (Phi) is 8.29. The van der Waals surface area contributed by atoms with Crippen LogP contribution in [0.25, 0.3) is 0 Å². The largest absolute Gasteiger partial charge is 0.444 e. The lowest BCUT2D eigenvalue weighted by molar-refractivity contribution is -0.125. The maximum Gasteiger partial charge on any atom is 0.408 e. The number of rotatable bonds is 7. The van der Waals surface area contributed by atoms with E-state index < -0.39 is 35.7 Å². The first-order valence-corrected chi connectivity index (χ1v) is 9.63. The van der Waals surface area contributed by atoms with Gasteiger partial charge < -0.3 is 26.1 Å². The standard InChI is InChI=1S/C19H35N5O4/c1-11(2)15(22-18(27)28-19(5,6)7)17(26)21-12(3)13(4)24-10-8-9-14(23-24)16(20)25/h11-12,14-15,23H,4,8-10H2,1-3,5-7H3,(H2,20,25)(H,21,26)(H,22,27)/t12-,14-,15?/m0/s1. The molecule has 1 heterocycles. The van der Waals surface area contributed by atoms with Gasteiger partial charge >= 0.3 is 6.09 Å². The van der Waals surface area contributed by atoms with E-state index in [1.807, 2.05) is 13.8 Å². The first kappa shape index (κ1) is 23.7. The predicted octanol–water partition coefficient (Wildman–Crippen LogP) is 1.01. The van der Waals surface area contributed by atoms with E-state index in [1.165, 1.54) is 0 Å². The molecule has 0 bridgehead atoms. The van der Waals surface area contributed by atoms with Crippen molar-refractivity contribution in [3.8, 4) is 0 Å². The summed E-state index contributed by atoms with van der Waals surface area (Å²) in [4.78, 5) is 36.2. The first-order chi connectivity index (χ1) is 12.8. The van der Waals surface area contributed by atoms with Crippen LogP contribution in [0.1, 0.15) is 54.4 Å². The number of hydrogen-bond acceptors (Lipinski definition) is 6. The van der Waals surface area contributed by atoms with Gasteiger partial charge in [-0.1, -0.05) is 20.4 Å². The van der Waals surface area contributed by atoms with Gasteiger partial charge in [0.05, 0.1) is 6.04 Å². The number of alkyl carbamates (subject to hydrolysis) is 1. The normalized spacial score (nSPS) is 19.5. The zero-order valence-electron chi connectivity index (χ0n) is 17.8. The average molecular weight is 398 g/mol. The third-order valence-electron chi connectivity index (χ3n) is 4.36. The third-order valence-corrected chi connectivity index (χ3v) is 4.36. The Balaban J connectivity index is 2.69. The van der Waals surface area contributed by atoms with E-state index in [2.05, 4.69) is 22.6 Å². The van der Waals surface area contributed by atoms with E-state index in [0.717, 1.165) is 6.42 Å². The summed E-state index contributed by atoms with van der Waals surface area (Å²) in [5.41, 5.74) is 8.36. The molecule has 1 rings (SSSR count). The fourth-order valence-corrected chi connectivity index (χ4v) is 2.79. The van der Waals surface area contributed by atoms with Crippen LogP contribution in [0.3, 0.4) is 0 Å². The molecule has 9 nitrogen and oxygen atoms in total. The molecule has 1 saturated heterocycles. The molecular weight excluding hydrogens is 362 g/mol. The Bertz CT molecular complexity index is 600. The Morgan fingerprint density at radius 2 is 1.82 bits per heavy atom. The Morgan fingerprint density at radius 1 is 1.21 bits per heavy atom. The summed E-state index contributed by atoms with van der Waals surface area (Å²) >= 11 is 0. The molecule has 1 unspecified atom stereocenters. The number of carbonyl (C=O) groups excluding carboxylic acids is 3. The average Bonchev–Trinajstić information content (AvgIpc) is 2.57. The number of nitrogens with two attached hydrogens (primary N) is 1. The van der Waals surface area contributed by atoms with Crippen LogP contribution < -0.4 is 21.8 Å². The highest BCUT2D eigenvalue weighted by molar-refractivity contribution is 5.86. The minimum absolute atomic E-state index is 0.139. The molecule has 0 spiro atoms. The van der Waals surface area contributed by atoms with Crippen molar-refractivity contribution in [2.24, 2.45) is 11.7 Å². The zero-order valence-corrected chi connectivity index (χ0v) is 17.8. The molecule has 3 atom stereocenters. The van der Waals surface area contributed by atoms with E-state index in [-0.39, 0.29) is 11.8 Å². The lowest BCUT2D eigenvalue weighted by atomic mass is 10.0. The first-order valence-electron chi connectivity index (χ1n) is 9.63. The minimum Gasteiger partial charge on any atom is -0.444 e. The van der Waals surface area contributed by atoms with Crippen LogP contribution in [0.5, 0.6) is 0 Å². The second kappa shape index (κ2) is 9.77. The molecule has 0 aromatic carbocycles. The van der Waals surface area contributed by atoms with Gasteiger partial charge in [0, 0.05) is 12.2 Å². The molecule has 1 fully saturated rings. The van der Waals surface area contributed by atoms with Crippen LogP contribution in [0.4, 0.5) is 4.79 Å². The van der Waals surface area contributed by atoms with Gasteiger partial charge in [-0.3, -0.25) is 9.59 Å². The second-order valence-electron chi connectivity index (χ2n) is 8.47. The molecule has 28 heavy (non-hydrogen) atoms. The molecule has 5 N–H and O–H groups in total. The highest BCUT2D eigenvalue weighted by atomic mass is 16.6. The Morgan fingerprint density at radius 3 is 2.32 bits per heavy atom. The van der Waals surface area contributed by atoms with Crippen molar-refractivity contribution in [1.82, 2.24) is 21.1 Å². The maximum absolute atomic E-state index is 12.7. The van der Waals surface area contributed by atoms with E-state index in [0.29, 0.717) is 18.7 Å². The van der Waals surface area contributed by atoms with Crippen LogP contribution >= 0.6 is 0 Å². The van der Waals surface area contributed by atoms with Crippen molar-refractivity contribution >= 4 is 17.9 Å². The second-order valence-corrected chi connectivity index (χ2v) is 8.47. The van der Waals surface area contributed by atoms with Gasteiger partial charge in [0.2, 0.25) is 11.8 Å². The number of nitrogens with one attached hydrogen (secondary N) is 3. The molecule has 1 aliphatic heterocycles. The molecule has 0 radical (unpaired) electrons. The number of ether oxygens (including phenoxy) is 1. The van der Waals surface area contributed by atoms with Crippen LogP contribution in [0.15, 0.2) is 12.3 Å². The van der Waals surface area contributed by atoms with Crippen molar-refractivity contribution in [3.05, 3.63) is 12.3 Å². The predicted molar refractivity (Wildman–Crippen MR) is 107 cm³/mol. The fraction of sp³-hybridized carbons (Fsp3) is 0.737. The summed E-state index contributed by atoms with van der Waals surface area (Å²) in [6.07, 6.45) is 0.805. The van der Waals surface area contributed by atoms with Crippen LogP contribution in [0, 0.1) is 5.92 Å². The van der Waals surface area contributed by atoms with E-state index >= 15 is 0 Å². The fourth-order valence-electron chi connectivity index (χ4n) is 2.79. The van der Waals surface area contributed by atoms with Crippen LogP contribution in [-0.4, -0.2) is 53.2 Å². The van der Waals surface area contributed by atoms with E-state index in [9.17, 15) is 14.4 Å². The molecule has 9 heteroatoms. The molecule has 0 saturated carbocycles. The molecule has 3 amide bonds. The van der Waals surface area contributed by atoms with Gasteiger partial charge in [0.1, 0.15) is 17.7 Å². The lowest BCUT2D eigenvalue weighted by Crippen LogP contribution is -2.57. The molecule has 0 aromatic rings. The minimum atomic E-state index is -0.752. The van der Waals surface area contributed by atoms with Gasteiger partial charge in [-0.15, -0.1) is 0 Å². The topological polar surface area (TPSA) is 126 Å². The summed E-state index contributed by atoms with van der Waals surface area (Å²) in [5.74, 6) is -0.895. The van der Waals surface area contributed by atoms with Gasteiger partial charge in [-0.05, 0) is 46.5 Å². The molecule has 0 aliphatic carbocycles. The van der Waals surface area contributed by atoms with Gasteiger partial charge in [0.15, 0.2) is 0 Å². The lowest BCUT2D eigenvalue weighted by Gasteiger charge is -2.37. The van der Waals surface area contributed by atoms with Crippen molar-refractivity contribution in [1.29, 1.82) is 0 Å². The van der Waals surface area contributed by atoms with Crippen molar-refractivity contribution < 1.29 is 19.1 Å². The van der Waals surface area contributed by atoms with Crippen LogP contribution in [0.2, 0.25) is 0 Å². The maximum atomic E-state index is 12.7. The van der Waals surface area contributed by atoms with Crippen molar-refractivity contribution in [2.45, 2.75) is 78.1 Å². The van der Waals surface area contributed by atoms with E-state index in [1.54, 1.807) is 32.7 Å².